The molecule has 2 N–H and O–H groups in total. The summed E-state index contributed by atoms with van der Waals surface area (Å²) >= 11 is 0. The molecule has 4 nitrogen and oxygen atoms in total. The third-order valence-corrected chi connectivity index (χ3v) is 3.15. The number of rotatable bonds is 5. The van der Waals surface area contributed by atoms with E-state index in [1.807, 2.05) is 0 Å². The summed E-state index contributed by atoms with van der Waals surface area (Å²) in [4.78, 5) is 23.8. The van der Waals surface area contributed by atoms with E-state index in [0.29, 0.717) is 12.0 Å². The standard InChI is InChI=1S/C17H14O4/c1-2-6-11-12(9-5-10-15(11)18)16(19)13-7-3-4-8-14(13)17(20)21/h2-5,7-10,18H,1,6H2,(H,20,21). The Hall–Kier alpha value is -2.88. The normalized spacial score (nSPS) is 10.1. The van der Waals surface area contributed by atoms with Crippen LogP contribution in [0.15, 0.2) is 55.1 Å². The summed E-state index contributed by atoms with van der Waals surface area (Å²) in [6.45, 7) is 3.60. The molecule has 2 rings (SSSR count). The Labute approximate surface area is 122 Å². The molecule has 0 fully saturated rings. The molecule has 0 aromatic heterocycles. The van der Waals surface area contributed by atoms with Crippen LogP contribution >= 0.6 is 0 Å². The number of aromatic carboxylic acids is 1. The molecule has 0 saturated carbocycles. The van der Waals surface area contributed by atoms with Gasteiger partial charge in [0.2, 0.25) is 0 Å². The van der Waals surface area contributed by atoms with Gasteiger partial charge in [0.1, 0.15) is 5.75 Å². The zero-order chi connectivity index (χ0) is 15.4. The number of phenolic OH excluding ortho intramolecular Hbond substituents is 1. The Kier molecular flexibility index (Phi) is 4.18. The van der Waals surface area contributed by atoms with Gasteiger partial charge in [-0.25, -0.2) is 4.79 Å². The van der Waals surface area contributed by atoms with Gasteiger partial charge in [-0.3, -0.25) is 4.79 Å². The van der Waals surface area contributed by atoms with Crippen molar-refractivity contribution < 1.29 is 19.8 Å². The molecule has 0 unspecified atom stereocenters. The number of carbonyl (C=O) groups excluding carboxylic acids is 1. The number of carbonyl (C=O) groups is 2. The fraction of sp³-hybridized carbons (Fsp3) is 0.0588. The zero-order valence-electron chi connectivity index (χ0n) is 11.2. The quantitative estimate of drug-likeness (QED) is 0.653. The molecule has 0 aliphatic carbocycles. The van der Waals surface area contributed by atoms with Crippen molar-refractivity contribution in [3.63, 3.8) is 0 Å². The summed E-state index contributed by atoms with van der Waals surface area (Å²) in [6.07, 6.45) is 1.90. The van der Waals surface area contributed by atoms with Gasteiger partial charge in [0.25, 0.3) is 0 Å². The van der Waals surface area contributed by atoms with Gasteiger partial charge in [-0.2, -0.15) is 0 Å². The average Bonchev–Trinajstić information content (AvgIpc) is 2.48. The lowest BCUT2D eigenvalue weighted by Crippen LogP contribution is -2.11. The van der Waals surface area contributed by atoms with Gasteiger partial charge in [-0.05, 0) is 18.6 Å². The molecule has 0 aliphatic rings. The largest absolute Gasteiger partial charge is 0.508 e. The number of hydrogen-bond acceptors (Lipinski definition) is 3. The van der Waals surface area contributed by atoms with Gasteiger partial charge in [0.05, 0.1) is 5.56 Å². The Bertz CT molecular complexity index is 716. The van der Waals surface area contributed by atoms with Crippen molar-refractivity contribution in [2.45, 2.75) is 6.42 Å². The minimum absolute atomic E-state index is 0.00597. The third-order valence-electron chi connectivity index (χ3n) is 3.15. The Morgan fingerprint density at radius 2 is 1.62 bits per heavy atom. The Morgan fingerprint density at radius 1 is 1.00 bits per heavy atom. The molecule has 0 aliphatic heterocycles. The van der Waals surface area contributed by atoms with E-state index < -0.39 is 11.8 Å². The lowest BCUT2D eigenvalue weighted by atomic mass is 9.93. The molecule has 4 heteroatoms. The molecule has 0 bridgehead atoms. The number of ketones is 1. The molecule has 0 heterocycles. The summed E-state index contributed by atoms with van der Waals surface area (Å²) in [7, 11) is 0. The van der Waals surface area contributed by atoms with Crippen LogP contribution in [-0.4, -0.2) is 22.0 Å². The maximum Gasteiger partial charge on any atom is 0.336 e. The van der Waals surface area contributed by atoms with Crippen LogP contribution in [0.2, 0.25) is 0 Å². The molecule has 0 radical (unpaired) electrons. The van der Waals surface area contributed by atoms with Gasteiger partial charge < -0.3 is 10.2 Å². The summed E-state index contributed by atoms with van der Waals surface area (Å²) in [6, 6.07) is 10.6. The van der Waals surface area contributed by atoms with Crippen molar-refractivity contribution >= 4 is 11.8 Å². The SMILES string of the molecule is C=CCc1c(O)cccc1C(=O)c1ccccc1C(=O)O. The highest BCUT2D eigenvalue weighted by molar-refractivity contribution is 6.15. The number of hydrogen-bond donors (Lipinski definition) is 2. The number of carboxylic acid groups (broad SMARTS) is 1. The third kappa shape index (κ3) is 2.84. The maximum atomic E-state index is 12.6. The first-order chi connectivity index (χ1) is 10.1. The number of allylic oxidation sites excluding steroid dienone is 1. The lowest BCUT2D eigenvalue weighted by molar-refractivity contribution is 0.0693. The summed E-state index contributed by atoms with van der Waals surface area (Å²) in [5, 5.41) is 19.1. The van der Waals surface area contributed by atoms with E-state index in [9.17, 15) is 19.8 Å². The Morgan fingerprint density at radius 3 is 2.24 bits per heavy atom. The second-order valence-electron chi connectivity index (χ2n) is 4.48. The molecular formula is C17H14O4. The van der Waals surface area contributed by atoms with E-state index in [1.165, 1.54) is 18.2 Å². The highest BCUT2D eigenvalue weighted by Crippen LogP contribution is 2.25. The van der Waals surface area contributed by atoms with E-state index in [0.717, 1.165) is 0 Å². The first-order valence-corrected chi connectivity index (χ1v) is 6.35. The van der Waals surface area contributed by atoms with Crippen molar-refractivity contribution in [2.75, 3.05) is 0 Å². The van der Waals surface area contributed by atoms with Gasteiger partial charge in [-0.15, -0.1) is 6.58 Å². The van der Waals surface area contributed by atoms with Gasteiger partial charge >= 0.3 is 5.97 Å². The summed E-state index contributed by atoms with van der Waals surface area (Å²) in [5.41, 5.74) is 0.762. The van der Waals surface area contributed by atoms with Gasteiger partial charge in [0, 0.05) is 16.7 Å². The predicted molar refractivity (Wildman–Crippen MR) is 78.8 cm³/mol. The van der Waals surface area contributed by atoms with Crippen LogP contribution in [0.5, 0.6) is 5.75 Å². The number of benzene rings is 2. The van der Waals surface area contributed by atoms with Crippen molar-refractivity contribution in [2.24, 2.45) is 0 Å². The van der Waals surface area contributed by atoms with Crippen LogP contribution < -0.4 is 0 Å². The first kappa shape index (κ1) is 14.5. The summed E-state index contributed by atoms with van der Waals surface area (Å²) < 4.78 is 0. The van der Waals surface area contributed by atoms with Crippen LogP contribution in [0, 0.1) is 0 Å². The van der Waals surface area contributed by atoms with Crippen LogP contribution in [0.1, 0.15) is 31.8 Å². The van der Waals surface area contributed by atoms with Crippen LogP contribution in [0.3, 0.4) is 0 Å². The minimum atomic E-state index is -1.16. The summed E-state index contributed by atoms with van der Waals surface area (Å²) in [5.74, 6) is -1.60. The molecular weight excluding hydrogens is 268 g/mol. The van der Waals surface area contributed by atoms with E-state index >= 15 is 0 Å². The highest BCUT2D eigenvalue weighted by Gasteiger charge is 2.20. The molecule has 2 aromatic rings. The second-order valence-corrected chi connectivity index (χ2v) is 4.48. The van der Waals surface area contributed by atoms with Crippen molar-refractivity contribution in [3.8, 4) is 5.75 Å². The van der Waals surface area contributed by atoms with E-state index in [1.54, 1.807) is 30.3 Å². The molecule has 21 heavy (non-hydrogen) atoms. The minimum Gasteiger partial charge on any atom is -0.508 e. The number of aromatic hydroxyl groups is 1. The monoisotopic (exact) mass is 282 g/mol. The fourth-order valence-electron chi connectivity index (χ4n) is 2.16. The first-order valence-electron chi connectivity index (χ1n) is 6.35. The second kappa shape index (κ2) is 6.05. The van der Waals surface area contributed by atoms with Crippen LogP contribution in [0.25, 0.3) is 0 Å². The van der Waals surface area contributed by atoms with Gasteiger partial charge in [0.15, 0.2) is 5.78 Å². The van der Waals surface area contributed by atoms with E-state index in [-0.39, 0.29) is 22.4 Å². The predicted octanol–water partition coefficient (Wildman–Crippen LogP) is 3.05. The van der Waals surface area contributed by atoms with Crippen molar-refractivity contribution in [3.05, 3.63) is 77.4 Å². The van der Waals surface area contributed by atoms with Crippen LogP contribution in [0.4, 0.5) is 0 Å². The number of carboxylic acids is 1. The van der Waals surface area contributed by atoms with E-state index in [4.69, 9.17) is 0 Å². The molecule has 106 valence electrons. The fourth-order valence-corrected chi connectivity index (χ4v) is 2.16. The smallest absolute Gasteiger partial charge is 0.336 e. The molecule has 2 aromatic carbocycles. The molecule has 0 atom stereocenters. The molecule has 0 spiro atoms. The van der Waals surface area contributed by atoms with Gasteiger partial charge in [-0.1, -0.05) is 36.4 Å². The molecule has 0 amide bonds. The Balaban J connectivity index is 2.58. The van der Waals surface area contributed by atoms with Crippen LogP contribution in [-0.2, 0) is 6.42 Å². The topological polar surface area (TPSA) is 74.6 Å². The zero-order valence-corrected chi connectivity index (χ0v) is 11.2. The molecule has 0 saturated heterocycles. The highest BCUT2D eigenvalue weighted by atomic mass is 16.4. The number of phenols is 1. The van der Waals surface area contributed by atoms with Crippen molar-refractivity contribution in [1.29, 1.82) is 0 Å². The maximum absolute atomic E-state index is 12.6. The van der Waals surface area contributed by atoms with Crippen molar-refractivity contribution in [1.82, 2.24) is 0 Å². The average molecular weight is 282 g/mol. The lowest BCUT2D eigenvalue weighted by Gasteiger charge is -2.10. The van der Waals surface area contributed by atoms with E-state index in [2.05, 4.69) is 6.58 Å².